The Kier molecular flexibility index (Phi) is 6.58. The average Bonchev–Trinajstić information content (AvgIpc) is 2.75. The van der Waals surface area contributed by atoms with Crippen molar-refractivity contribution >= 4 is 24.2 Å². The molecule has 2 aliphatic heterocycles. The summed E-state index contributed by atoms with van der Waals surface area (Å²) >= 11 is 0. The Morgan fingerprint density at radius 2 is 1.95 bits per heavy atom. The van der Waals surface area contributed by atoms with E-state index in [-0.39, 0.29) is 36.8 Å². The van der Waals surface area contributed by atoms with Crippen LogP contribution in [0.25, 0.3) is 0 Å². The van der Waals surface area contributed by atoms with Crippen molar-refractivity contribution in [1.29, 1.82) is 0 Å². The number of amides is 2. The summed E-state index contributed by atoms with van der Waals surface area (Å²) in [6.07, 6.45) is 5.73. The number of hydrogen-bond acceptors (Lipinski definition) is 3. The first-order valence-electron chi connectivity index (χ1n) is 6.98. The number of halogens is 1. The van der Waals surface area contributed by atoms with Crippen LogP contribution in [-0.2, 0) is 9.59 Å². The smallest absolute Gasteiger partial charge is 0.242 e. The van der Waals surface area contributed by atoms with Gasteiger partial charge in [-0.3, -0.25) is 9.59 Å². The zero-order valence-corrected chi connectivity index (χ0v) is 12.2. The summed E-state index contributed by atoms with van der Waals surface area (Å²) in [5.74, 6) is 0.184. The molecule has 6 heteroatoms. The second-order valence-corrected chi connectivity index (χ2v) is 5.37. The van der Waals surface area contributed by atoms with Crippen molar-refractivity contribution in [3.05, 3.63) is 0 Å². The average molecular weight is 290 g/mol. The third-order valence-corrected chi connectivity index (χ3v) is 3.82. The summed E-state index contributed by atoms with van der Waals surface area (Å²) in [6.45, 7) is 2.35. The normalized spacial score (nSPS) is 24.7. The third kappa shape index (κ3) is 4.66. The van der Waals surface area contributed by atoms with Crippen LogP contribution in [0, 0.1) is 0 Å². The van der Waals surface area contributed by atoms with Crippen molar-refractivity contribution in [1.82, 2.24) is 9.80 Å². The molecule has 0 spiro atoms. The summed E-state index contributed by atoms with van der Waals surface area (Å²) in [4.78, 5) is 27.5. The molecule has 2 amide bonds. The minimum absolute atomic E-state index is 0. The number of rotatable bonds is 2. The van der Waals surface area contributed by atoms with Crippen molar-refractivity contribution in [2.24, 2.45) is 5.73 Å². The summed E-state index contributed by atoms with van der Waals surface area (Å²) in [6, 6.07) is 0.108. The molecule has 0 bridgehead atoms. The predicted octanol–water partition coefficient (Wildman–Crippen LogP) is 0.760. The van der Waals surface area contributed by atoms with E-state index in [1.807, 2.05) is 0 Å². The molecule has 110 valence electrons. The van der Waals surface area contributed by atoms with Gasteiger partial charge in [-0.05, 0) is 19.3 Å². The van der Waals surface area contributed by atoms with Crippen molar-refractivity contribution in [2.75, 3.05) is 26.2 Å². The Balaban J connectivity index is 0.00000180. The Hall–Kier alpha value is -0.810. The lowest BCUT2D eigenvalue weighted by Gasteiger charge is -2.26. The molecule has 0 aromatic carbocycles. The second kappa shape index (κ2) is 7.70. The Bertz CT molecular complexity index is 325. The van der Waals surface area contributed by atoms with Gasteiger partial charge in [0.15, 0.2) is 0 Å². The number of nitrogens with zero attached hydrogens (tertiary/aromatic N) is 2. The van der Waals surface area contributed by atoms with E-state index in [1.54, 1.807) is 9.80 Å². The lowest BCUT2D eigenvalue weighted by atomic mass is 10.1. The van der Waals surface area contributed by atoms with E-state index in [1.165, 1.54) is 0 Å². The van der Waals surface area contributed by atoms with Gasteiger partial charge in [-0.15, -0.1) is 12.4 Å². The SMILES string of the molecule is Cl.N[C@@H]1CCN(C(=O)CN2CCCCCCC2=O)C1. The van der Waals surface area contributed by atoms with E-state index in [0.29, 0.717) is 13.0 Å². The Labute approximate surface area is 120 Å². The molecule has 2 N–H and O–H groups in total. The van der Waals surface area contributed by atoms with E-state index in [2.05, 4.69) is 0 Å². The van der Waals surface area contributed by atoms with Crippen molar-refractivity contribution in [3.8, 4) is 0 Å². The fourth-order valence-corrected chi connectivity index (χ4v) is 2.66. The van der Waals surface area contributed by atoms with E-state index < -0.39 is 0 Å². The molecule has 2 rings (SSSR count). The summed E-state index contributed by atoms with van der Waals surface area (Å²) in [5.41, 5.74) is 5.79. The van der Waals surface area contributed by atoms with Crippen LogP contribution < -0.4 is 5.73 Å². The summed E-state index contributed by atoms with van der Waals surface area (Å²) < 4.78 is 0. The van der Waals surface area contributed by atoms with E-state index in [0.717, 1.165) is 45.2 Å². The summed E-state index contributed by atoms with van der Waals surface area (Å²) in [7, 11) is 0. The minimum atomic E-state index is 0. The molecule has 1 atom stereocenters. The fourth-order valence-electron chi connectivity index (χ4n) is 2.66. The highest BCUT2D eigenvalue weighted by Gasteiger charge is 2.26. The molecule has 2 saturated heterocycles. The minimum Gasteiger partial charge on any atom is -0.340 e. The van der Waals surface area contributed by atoms with Crippen LogP contribution in [-0.4, -0.2) is 53.8 Å². The standard InChI is InChI=1S/C13H23N3O2.ClH/c14-11-6-8-16(9-11)13(18)10-15-7-4-2-1-3-5-12(15)17;/h11H,1-10,14H2;1H/t11-;/m1./s1. The first-order valence-corrected chi connectivity index (χ1v) is 6.98. The third-order valence-electron chi connectivity index (χ3n) is 3.82. The first-order chi connectivity index (χ1) is 8.66. The molecule has 0 radical (unpaired) electrons. The van der Waals surface area contributed by atoms with Crippen LogP contribution in [0.4, 0.5) is 0 Å². The van der Waals surface area contributed by atoms with Gasteiger partial charge in [0.25, 0.3) is 0 Å². The monoisotopic (exact) mass is 289 g/mol. The molecule has 2 heterocycles. The highest BCUT2D eigenvalue weighted by atomic mass is 35.5. The second-order valence-electron chi connectivity index (χ2n) is 5.37. The maximum Gasteiger partial charge on any atom is 0.242 e. The molecule has 19 heavy (non-hydrogen) atoms. The lowest BCUT2D eigenvalue weighted by molar-refractivity contribution is -0.140. The van der Waals surface area contributed by atoms with Gasteiger partial charge in [0.05, 0.1) is 6.54 Å². The van der Waals surface area contributed by atoms with Gasteiger partial charge >= 0.3 is 0 Å². The molecule has 5 nitrogen and oxygen atoms in total. The number of carbonyl (C=O) groups is 2. The Morgan fingerprint density at radius 3 is 2.63 bits per heavy atom. The fraction of sp³-hybridized carbons (Fsp3) is 0.846. The maximum absolute atomic E-state index is 12.1. The predicted molar refractivity (Wildman–Crippen MR) is 76.1 cm³/mol. The summed E-state index contributed by atoms with van der Waals surface area (Å²) in [5, 5.41) is 0. The van der Waals surface area contributed by atoms with Gasteiger partial charge in [-0.25, -0.2) is 0 Å². The lowest BCUT2D eigenvalue weighted by Crippen LogP contribution is -2.43. The maximum atomic E-state index is 12.1. The highest BCUT2D eigenvalue weighted by molar-refractivity contribution is 5.85. The van der Waals surface area contributed by atoms with Crippen LogP contribution >= 0.6 is 12.4 Å². The van der Waals surface area contributed by atoms with Crippen molar-refractivity contribution in [3.63, 3.8) is 0 Å². The number of hydrogen-bond donors (Lipinski definition) is 1. The number of nitrogens with two attached hydrogens (primary N) is 1. The van der Waals surface area contributed by atoms with Crippen molar-refractivity contribution in [2.45, 2.75) is 44.6 Å². The zero-order chi connectivity index (χ0) is 13.0. The van der Waals surface area contributed by atoms with Gasteiger partial charge in [0.1, 0.15) is 0 Å². The molecule has 2 fully saturated rings. The first kappa shape index (κ1) is 16.2. The quantitative estimate of drug-likeness (QED) is 0.816. The molecule has 0 aromatic heterocycles. The van der Waals surface area contributed by atoms with Gasteiger partial charge < -0.3 is 15.5 Å². The van der Waals surface area contributed by atoms with Crippen LogP contribution in [0.2, 0.25) is 0 Å². The van der Waals surface area contributed by atoms with Gasteiger partial charge in [-0.2, -0.15) is 0 Å². The van der Waals surface area contributed by atoms with Crippen LogP contribution in [0.5, 0.6) is 0 Å². The molecule has 2 aliphatic rings. The van der Waals surface area contributed by atoms with Gasteiger partial charge in [-0.1, -0.05) is 12.8 Å². The number of carbonyl (C=O) groups excluding carboxylic acids is 2. The molecule has 0 aromatic rings. The molecular formula is C13H24ClN3O2. The van der Waals surface area contributed by atoms with Gasteiger partial charge in [0, 0.05) is 32.1 Å². The van der Waals surface area contributed by atoms with E-state index >= 15 is 0 Å². The molecule has 0 saturated carbocycles. The Morgan fingerprint density at radius 1 is 1.21 bits per heavy atom. The van der Waals surface area contributed by atoms with E-state index in [9.17, 15) is 9.59 Å². The van der Waals surface area contributed by atoms with Crippen LogP contribution in [0.15, 0.2) is 0 Å². The largest absolute Gasteiger partial charge is 0.340 e. The zero-order valence-electron chi connectivity index (χ0n) is 11.3. The molecule has 0 aliphatic carbocycles. The van der Waals surface area contributed by atoms with E-state index in [4.69, 9.17) is 5.73 Å². The molecule has 0 unspecified atom stereocenters. The molecular weight excluding hydrogens is 266 g/mol. The van der Waals surface area contributed by atoms with Crippen LogP contribution in [0.3, 0.4) is 0 Å². The van der Waals surface area contributed by atoms with Gasteiger partial charge in [0.2, 0.25) is 11.8 Å². The number of likely N-dealkylation sites (tertiary alicyclic amines) is 2. The highest BCUT2D eigenvalue weighted by Crippen LogP contribution is 2.13. The van der Waals surface area contributed by atoms with Crippen LogP contribution in [0.1, 0.15) is 38.5 Å². The van der Waals surface area contributed by atoms with Crippen molar-refractivity contribution < 1.29 is 9.59 Å². The topological polar surface area (TPSA) is 66.6 Å².